The van der Waals surface area contributed by atoms with E-state index in [9.17, 15) is 4.79 Å². The molecule has 7 heteroatoms. The van der Waals surface area contributed by atoms with Gasteiger partial charge in [0.05, 0.1) is 19.7 Å². The van der Waals surface area contributed by atoms with Crippen molar-refractivity contribution in [3.05, 3.63) is 83.5 Å². The largest absolute Gasteiger partial charge is 0.493 e. The number of carbonyl (C=O) groups excluding carboxylic acids is 1. The summed E-state index contributed by atoms with van der Waals surface area (Å²) in [7, 11) is 3.12. The maximum Gasteiger partial charge on any atom is 0.255 e. The summed E-state index contributed by atoms with van der Waals surface area (Å²) >= 11 is 6.06. The molecule has 0 atom stereocenters. The number of benzene rings is 3. The van der Waals surface area contributed by atoms with Gasteiger partial charge in [0, 0.05) is 45.3 Å². The van der Waals surface area contributed by atoms with E-state index in [1.165, 1.54) is 0 Å². The number of nitrogens with zero attached hydrogens (tertiary/aromatic N) is 1. The summed E-state index contributed by atoms with van der Waals surface area (Å²) in [6.07, 6.45) is 1.73. The lowest BCUT2D eigenvalue weighted by atomic mass is 10.1. The van der Waals surface area contributed by atoms with Crippen LogP contribution in [0.1, 0.15) is 10.4 Å². The highest BCUT2D eigenvalue weighted by molar-refractivity contribution is 6.31. The topological polar surface area (TPSA) is 72.5 Å². The first kappa shape index (κ1) is 20.5. The number of aromatic nitrogens is 1. The predicted octanol–water partition coefficient (Wildman–Crippen LogP) is 5.90. The van der Waals surface area contributed by atoms with Crippen LogP contribution < -0.4 is 20.1 Å². The van der Waals surface area contributed by atoms with Gasteiger partial charge in [-0.15, -0.1) is 0 Å². The summed E-state index contributed by atoms with van der Waals surface area (Å²) in [5, 5.41) is 7.83. The van der Waals surface area contributed by atoms with E-state index in [0.717, 1.165) is 22.3 Å². The van der Waals surface area contributed by atoms with Gasteiger partial charge in [-0.3, -0.25) is 9.78 Å². The van der Waals surface area contributed by atoms with E-state index in [4.69, 9.17) is 21.1 Å². The fourth-order valence-corrected chi connectivity index (χ4v) is 3.37. The Morgan fingerprint density at radius 3 is 2.35 bits per heavy atom. The van der Waals surface area contributed by atoms with Crippen LogP contribution in [0.25, 0.3) is 10.9 Å². The molecule has 0 aliphatic carbocycles. The third-order valence-corrected chi connectivity index (χ3v) is 5.01. The van der Waals surface area contributed by atoms with Crippen LogP contribution in [0.5, 0.6) is 11.5 Å². The van der Waals surface area contributed by atoms with E-state index >= 15 is 0 Å². The van der Waals surface area contributed by atoms with E-state index in [1.54, 1.807) is 50.7 Å². The van der Waals surface area contributed by atoms with Gasteiger partial charge in [0.15, 0.2) is 11.5 Å². The maximum atomic E-state index is 12.6. The third kappa shape index (κ3) is 4.54. The van der Waals surface area contributed by atoms with E-state index in [-0.39, 0.29) is 5.91 Å². The second-order valence-corrected chi connectivity index (χ2v) is 7.18. The molecule has 0 aliphatic rings. The van der Waals surface area contributed by atoms with Crippen LogP contribution >= 0.6 is 11.6 Å². The summed E-state index contributed by atoms with van der Waals surface area (Å²) in [5.41, 5.74) is 3.72. The first-order chi connectivity index (χ1) is 15.1. The number of hydrogen-bond acceptors (Lipinski definition) is 5. The summed E-state index contributed by atoms with van der Waals surface area (Å²) in [5.74, 6) is 0.926. The van der Waals surface area contributed by atoms with E-state index in [0.29, 0.717) is 27.8 Å². The molecule has 0 unspecified atom stereocenters. The van der Waals surface area contributed by atoms with Crippen LogP contribution in [0.4, 0.5) is 17.1 Å². The van der Waals surface area contributed by atoms with Crippen LogP contribution in [0.15, 0.2) is 72.9 Å². The standard InChI is InChI=1S/C24H20ClN3O3/c1-30-22-10-8-18(14-23(22)31-2)28-24(29)15-3-6-17(7-4-15)27-20-11-12-26-21-13-16(25)5-9-19(20)21/h3-14H,1-2H3,(H,26,27)(H,28,29). The van der Waals surface area contributed by atoms with Crippen LogP contribution in [-0.4, -0.2) is 25.1 Å². The molecule has 1 aromatic heterocycles. The van der Waals surface area contributed by atoms with Crippen LogP contribution in [0.3, 0.4) is 0 Å². The average Bonchev–Trinajstić information content (AvgIpc) is 2.79. The highest BCUT2D eigenvalue weighted by Crippen LogP contribution is 2.30. The number of halogens is 1. The SMILES string of the molecule is COc1ccc(NC(=O)c2ccc(Nc3ccnc4cc(Cl)ccc34)cc2)cc1OC. The number of anilines is 3. The van der Waals surface area contributed by atoms with Gasteiger partial charge in [-0.05, 0) is 60.7 Å². The number of pyridine rings is 1. The lowest BCUT2D eigenvalue weighted by Gasteiger charge is -2.12. The van der Waals surface area contributed by atoms with Gasteiger partial charge in [0.2, 0.25) is 0 Å². The van der Waals surface area contributed by atoms with Crippen LogP contribution in [0, 0.1) is 0 Å². The normalized spacial score (nSPS) is 10.5. The predicted molar refractivity (Wildman–Crippen MR) is 124 cm³/mol. The first-order valence-corrected chi connectivity index (χ1v) is 9.90. The number of fused-ring (bicyclic) bond motifs is 1. The Morgan fingerprint density at radius 2 is 1.61 bits per heavy atom. The lowest BCUT2D eigenvalue weighted by Crippen LogP contribution is -2.12. The van der Waals surface area contributed by atoms with Crippen molar-refractivity contribution < 1.29 is 14.3 Å². The van der Waals surface area contributed by atoms with Crippen molar-refractivity contribution in [1.82, 2.24) is 4.98 Å². The Bertz CT molecular complexity index is 1240. The van der Waals surface area contributed by atoms with Crippen LogP contribution in [-0.2, 0) is 0 Å². The van der Waals surface area contributed by atoms with Crippen molar-refractivity contribution in [2.75, 3.05) is 24.9 Å². The van der Waals surface area contributed by atoms with E-state index < -0.39 is 0 Å². The maximum absolute atomic E-state index is 12.6. The lowest BCUT2D eigenvalue weighted by molar-refractivity contribution is 0.102. The molecule has 1 heterocycles. The highest BCUT2D eigenvalue weighted by Gasteiger charge is 2.10. The molecule has 0 spiro atoms. The molecule has 31 heavy (non-hydrogen) atoms. The fourth-order valence-electron chi connectivity index (χ4n) is 3.21. The monoisotopic (exact) mass is 433 g/mol. The fraction of sp³-hybridized carbons (Fsp3) is 0.0833. The van der Waals surface area contributed by atoms with Crippen molar-refractivity contribution >= 4 is 45.5 Å². The zero-order chi connectivity index (χ0) is 21.8. The average molecular weight is 434 g/mol. The number of rotatable bonds is 6. The molecule has 0 fully saturated rings. The number of amides is 1. The molecule has 1 amide bonds. The molecule has 4 rings (SSSR count). The first-order valence-electron chi connectivity index (χ1n) is 9.52. The molecule has 0 saturated carbocycles. The Balaban J connectivity index is 1.49. The molecule has 3 aromatic carbocycles. The number of nitrogens with one attached hydrogen (secondary N) is 2. The molecule has 0 saturated heterocycles. The van der Waals surface area contributed by atoms with Gasteiger partial charge in [0.1, 0.15) is 0 Å². The number of hydrogen-bond donors (Lipinski definition) is 2. The minimum absolute atomic E-state index is 0.220. The molecule has 0 bridgehead atoms. The zero-order valence-corrected chi connectivity index (χ0v) is 17.7. The van der Waals surface area contributed by atoms with Crippen molar-refractivity contribution in [3.8, 4) is 11.5 Å². The molecule has 2 N–H and O–H groups in total. The van der Waals surface area contributed by atoms with Crippen molar-refractivity contribution in [2.45, 2.75) is 0 Å². The van der Waals surface area contributed by atoms with Crippen molar-refractivity contribution in [1.29, 1.82) is 0 Å². The Kier molecular flexibility index (Phi) is 5.91. The molecule has 4 aromatic rings. The second-order valence-electron chi connectivity index (χ2n) is 6.75. The van der Waals surface area contributed by atoms with Gasteiger partial charge >= 0.3 is 0 Å². The highest BCUT2D eigenvalue weighted by atomic mass is 35.5. The summed E-state index contributed by atoms with van der Waals surface area (Å²) in [6.45, 7) is 0. The summed E-state index contributed by atoms with van der Waals surface area (Å²) < 4.78 is 10.5. The zero-order valence-electron chi connectivity index (χ0n) is 17.0. The number of methoxy groups -OCH3 is 2. The van der Waals surface area contributed by atoms with Gasteiger partial charge < -0.3 is 20.1 Å². The molecular formula is C24H20ClN3O3. The van der Waals surface area contributed by atoms with Crippen LogP contribution in [0.2, 0.25) is 5.02 Å². The summed E-state index contributed by atoms with van der Waals surface area (Å²) in [6, 6.07) is 19.9. The van der Waals surface area contributed by atoms with Crippen molar-refractivity contribution in [2.24, 2.45) is 0 Å². The molecule has 0 aliphatic heterocycles. The summed E-state index contributed by atoms with van der Waals surface area (Å²) in [4.78, 5) is 17.0. The third-order valence-electron chi connectivity index (χ3n) is 4.77. The van der Waals surface area contributed by atoms with Gasteiger partial charge in [-0.25, -0.2) is 0 Å². The number of ether oxygens (including phenoxy) is 2. The smallest absolute Gasteiger partial charge is 0.255 e. The minimum atomic E-state index is -0.220. The Labute approximate surface area is 184 Å². The molecule has 0 radical (unpaired) electrons. The second kappa shape index (κ2) is 8.93. The molecular weight excluding hydrogens is 414 g/mol. The van der Waals surface area contributed by atoms with Gasteiger partial charge in [0.25, 0.3) is 5.91 Å². The van der Waals surface area contributed by atoms with E-state index in [2.05, 4.69) is 15.6 Å². The Morgan fingerprint density at radius 1 is 0.871 bits per heavy atom. The van der Waals surface area contributed by atoms with Gasteiger partial charge in [-0.1, -0.05) is 11.6 Å². The van der Waals surface area contributed by atoms with E-state index in [1.807, 2.05) is 36.4 Å². The van der Waals surface area contributed by atoms with Gasteiger partial charge in [-0.2, -0.15) is 0 Å². The Hall–Kier alpha value is -3.77. The number of carbonyl (C=O) groups is 1. The van der Waals surface area contributed by atoms with Crippen molar-refractivity contribution in [3.63, 3.8) is 0 Å². The molecule has 6 nitrogen and oxygen atoms in total. The quantitative estimate of drug-likeness (QED) is 0.396. The molecule has 156 valence electrons. The minimum Gasteiger partial charge on any atom is -0.493 e.